The van der Waals surface area contributed by atoms with Gasteiger partial charge >= 0.3 is 0 Å². The summed E-state index contributed by atoms with van der Waals surface area (Å²) in [5.41, 5.74) is 2.21. The minimum absolute atomic E-state index is 0.0768. The van der Waals surface area contributed by atoms with Crippen LogP contribution in [-0.2, 0) is 5.75 Å². The van der Waals surface area contributed by atoms with E-state index in [0.29, 0.717) is 21.9 Å². The highest BCUT2D eigenvalue weighted by atomic mass is 79.9. The second-order valence-corrected chi connectivity index (χ2v) is 5.45. The molecule has 2 aromatic rings. The van der Waals surface area contributed by atoms with Gasteiger partial charge in [0, 0.05) is 21.4 Å². The second-order valence-electron chi connectivity index (χ2n) is 3.81. The summed E-state index contributed by atoms with van der Waals surface area (Å²) < 4.78 is 0.835. The van der Waals surface area contributed by atoms with Crippen molar-refractivity contribution in [2.75, 3.05) is 0 Å². The second kappa shape index (κ2) is 5.91. The van der Waals surface area contributed by atoms with Gasteiger partial charge in [-0.3, -0.25) is 4.79 Å². The molecule has 18 heavy (non-hydrogen) atoms. The van der Waals surface area contributed by atoms with Gasteiger partial charge in [-0.2, -0.15) is 12.6 Å². The summed E-state index contributed by atoms with van der Waals surface area (Å²) in [6.45, 7) is 0. The fourth-order valence-corrected chi connectivity index (χ4v) is 2.36. The van der Waals surface area contributed by atoms with E-state index in [1.807, 2.05) is 18.2 Å². The fraction of sp³-hybridized carbons (Fsp3) is 0.0714. The van der Waals surface area contributed by atoms with Crippen LogP contribution in [0.4, 0.5) is 0 Å². The largest absolute Gasteiger partial charge is 0.289 e. The van der Waals surface area contributed by atoms with Crippen LogP contribution in [0.5, 0.6) is 0 Å². The quantitative estimate of drug-likeness (QED) is 0.629. The van der Waals surface area contributed by atoms with Gasteiger partial charge in [0.1, 0.15) is 0 Å². The van der Waals surface area contributed by atoms with Gasteiger partial charge in [-0.25, -0.2) is 0 Å². The molecule has 0 aliphatic rings. The van der Waals surface area contributed by atoms with Crippen LogP contribution in [0.25, 0.3) is 0 Å². The summed E-state index contributed by atoms with van der Waals surface area (Å²) in [4.78, 5) is 12.3. The van der Waals surface area contributed by atoms with E-state index in [1.165, 1.54) is 0 Å². The zero-order valence-corrected chi connectivity index (χ0v) is 12.6. The first-order valence-corrected chi connectivity index (χ1v) is 7.11. The van der Waals surface area contributed by atoms with Crippen molar-refractivity contribution in [1.82, 2.24) is 0 Å². The monoisotopic (exact) mass is 340 g/mol. The predicted octanol–water partition coefficient (Wildman–Crippen LogP) is 4.76. The molecule has 0 saturated carbocycles. The van der Waals surface area contributed by atoms with Crippen molar-refractivity contribution < 1.29 is 4.79 Å². The molecular formula is C14H10BrClOS. The van der Waals surface area contributed by atoms with E-state index in [2.05, 4.69) is 28.6 Å². The predicted molar refractivity (Wildman–Crippen MR) is 81.7 cm³/mol. The van der Waals surface area contributed by atoms with E-state index in [1.54, 1.807) is 24.3 Å². The van der Waals surface area contributed by atoms with E-state index >= 15 is 0 Å². The maximum atomic E-state index is 12.3. The minimum atomic E-state index is -0.0768. The molecule has 0 aliphatic heterocycles. The SMILES string of the molecule is O=C(c1ccc(CS)cc1)c1cc(Br)ccc1Cl. The van der Waals surface area contributed by atoms with E-state index in [-0.39, 0.29) is 5.78 Å². The summed E-state index contributed by atoms with van der Waals surface area (Å²) >= 11 is 13.6. The number of rotatable bonds is 3. The zero-order valence-electron chi connectivity index (χ0n) is 9.36. The van der Waals surface area contributed by atoms with E-state index in [9.17, 15) is 4.79 Å². The maximum absolute atomic E-state index is 12.3. The number of hydrogen-bond donors (Lipinski definition) is 1. The Morgan fingerprint density at radius 1 is 1.17 bits per heavy atom. The molecule has 4 heteroatoms. The lowest BCUT2D eigenvalue weighted by atomic mass is 10.0. The summed E-state index contributed by atoms with van der Waals surface area (Å²) in [6.07, 6.45) is 0. The normalized spacial score (nSPS) is 10.4. The van der Waals surface area contributed by atoms with Crippen LogP contribution in [0.2, 0.25) is 5.02 Å². The first kappa shape index (κ1) is 13.7. The lowest BCUT2D eigenvalue weighted by Gasteiger charge is -2.05. The maximum Gasteiger partial charge on any atom is 0.194 e. The number of benzene rings is 2. The molecule has 0 spiro atoms. The Morgan fingerprint density at radius 2 is 1.83 bits per heavy atom. The van der Waals surface area contributed by atoms with Crippen molar-refractivity contribution in [1.29, 1.82) is 0 Å². The third-order valence-corrected chi connectivity index (χ3v) is 3.76. The molecule has 0 radical (unpaired) electrons. The van der Waals surface area contributed by atoms with Gasteiger partial charge in [-0.1, -0.05) is 51.8 Å². The number of thiol groups is 1. The summed E-state index contributed by atoms with van der Waals surface area (Å²) in [5.74, 6) is 0.582. The van der Waals surface area contributed by atoms with E-state index in [0.717, 1.165) is 10.0 Å². The van der Waals surface area contributed by atoms with Crippen LogP contribution < -0.4 is 0 Å². The van der Waals surface area contributed by atoms with Crippen molar-refractivity contribution in [2.45, 2.75) is 5.75 Å². The van der Waals surface area contributed by atoms with Crippen LogP contribution in [0.15, 0.2) is 46.9 Å². The van der Waals surface area contributed by atoms with Crippen molar-refractivity contribution >= 4 is 45.9 Å². The third kappa shape index (κ3) is 2.97. The Labute approximate surface area is 125 Å². The van der Waals surface area contributed by atoms with Crippen LogP contribution in [0.3, 0.4) is 0 Å². The molecule has 0 N–H and O–H groups in total. The van der Waals surface area contributed by atoms with Crippen LogP contribution in [0, 0.1) is 0 Å². The fourth-order valence-electron chi connectivity index (χ4n) is 1.59. The molecule has 92 valence electrons. The number of ketones is 1. The smallest absolute Gasteiger partial charge is 0.194 e. The van der Waals surface area contributed by atoms with Crippen LogP contribution in [0.1, 0.15) is 21.5 Å². The number of halogens is 2. The lowest BCUT2D eigenvalue weighted by molar-refractivity contribution is 0.103. The minimum Gasteiger partial charge on any atom is -0.289 e. The van der Waals surface area contributed by atoms with Gasteiger partial charge in [-0.15, -0.1) is 0 Å². The first-order valence-electron chi connectivity index (χ1n) is 5.31. The topological polar surface area (TPSA) is 17.1 Å². The molecule has 0 heterocycles. The molecule has 0 bridgehead atoms. The molecule has 0 aromatic heterocycles. The molecule has 0 aliphatic carbocycles. The summed E-state index contributed by atoms with van der Waals surface area (Å²) in [7, 11) is 0. The van der Waals surface area contributed by atoms with Gasteiger partial charge in [0.15, 0.2) is 5.78 Å². The Morgan fingerprint density at radius 3 is 2.44 bits per heavy atom. The van der Waals surface area contributed by atoms with E-state index < -0.39 is 0 Å². The van der Waals surface area contributed by atoms with Gasteiger partial charge in [-0.05, 0) is 23.8 Å². The Bertz CT molecular complexity index is 581. The number of hydrogen-bond acceptors (Lipinski definition) is 2. The average Bonchev–Trinajstić information content (AvgIpc) is 2.41. The molecule has 0 amide bonds. The highest BCUT2D eigenvalue weighted by molar-refractivity contribution is 9.10. The third-order valence-electron chi connectivity index (χ3n) is 2.57. The molecule has 2 aromatic carbocycles. The molecule has 0 saturated heterocycles. The number of carbonyl (C=O) groups excluding carboxylic acids is 1. The summed E-state index contributed by atoms with van der Waals surface area (Å²) in [6, 6.07) is 12.6. The van der Waals surface area contributed by atoms with Gasteiger partial charge < -0.3 is 0 Å². The Balaban J connectivity index is 2.38. The van der Waals surface area contributed by atoms with Gasteiger partial charge in [0.2, 0.25) is 0 Å². The Hall–Kier alpha value is -0.770. The molecule has 0 atom stereocenters. The highest BCUT2D eigenvalue weighted by Crippen LogP contribution is 2.23. The zero-order chi connectivity index (χ0) is 13.1. The van der Waals surface area contributed by atoms with Crippen molar-refractivity contribution in [3.8, 4) is 0 Å². The average molecular weight is 342 g/mol. The molecule has 2 rings (SSSR count). The lowest BCUT2D eigenvalue weighted by Crippen LogP contribution is -2.02. The highest BCUT2D eigenvalue weighted by Gasteiger charge is 2.13. The van der Waals surface area contributed by atoms with Crippen LogP contribution in [-0.4, -0.2) is 5.78 Å². The van der Waals surface area contributed by atoms with Crippen molar-refractivity contribution in [3.05, 3.63) is 68.7 Å². The molecule has 1 nitrogen and oxygen atoms in total. The van der Waals surface area contributed by atoms with Gasteiger partial charge in [0.25, 0.3) is 0 Å². The molecular weight excluding hydrogens is 332 g/mol. The van der Waals surface area contributed by atoms with Crippen molar-refractivity contribution in [3.63, 3.8) is 0 Å². The first-order chi connectivity index (χ1) is 8.61. The standard InChI is InChI=1S/C14H10BrClOS/c15-11-5-6-13(16)12(7-11)14(17)10-3-1-9(8-18)2-4-10/h1-7,18H,8H2. The van der Waals surface area contributed by atoms with Crippen molar-refractivity contribution in [2.24, 2.45) is 0 Å². The summed E-state index contributed by atoms with van der Waals surface area (Å²) in [5, 5.41) is 0.460. The number of carbonyl (C=O) groups is 1. The molecule has 0 fully saturated rings. The van der Waals surface area contributed by atoms with E-state index in [4.69, 9.17) is 11.6 Å². The Kier molecular flexibility index (Phi) is 4.49. The van der Waals surface area contributed by atoms with Crippen LogP contribution >= 0.6 is 40.2 Å². The van der Waals surface area contributed by atoms with Gasteiger partial charge in [0.05, 0.1) is 5.02 Å². The molecule has 0 unspecified atom stereocenters.